The first-order valence-corrected chi connectivity index (χ1v) is 11.4. The largest absolute Gasteiger partial charge is 0.484 e. The number of amides is 2. The second kappa shape index (κ2) is 12.0. The predicted octanol–water partition coefficient (Wildman–Crippen LogP) is 2.30. The molecule has 0 bridgehead atoms. The van der Waals surface area contributed by atoms with Crippen molar-refractivity contribution in [3.63, 3.8) is 0 Å². The molecule has 0 atom stereocenters. The van der Waals surface area contributed by atoms with Gasteiger partial charge in [-0.1, -0.05) is 32.0 Å². The molecule has 2 aromatic rings. The van der Waals surface area contributed by atoms with Gasteiger partial charge in [-0.25, -0.2) is 4.79 Å². The van der Waals surface area contributed by atoms with Crippen LogP contribution in [0, 0.1) is 5.92 Å². The van der Waals surface area contributed by atoms with Gasteiger partial charge in [-0.05, 0) is 36.2 Å². The van der Waals surface area contributed by atoms with Crippen molar-refractivity contribution in [1.29, 1.82) is 0 Å². The van der Waals surface area contributed by atoms with Crippen LogP contribution in [0.4, 0.5) is 11.4 Å². The Labute approximate surface area is 199 Å². The molecule has 0 unspecified atom stereocenters. The molecule has 9 heteroatoms. The molecule has 34 heavy (non-hydrogen) atoms. The van der Waals surface area contributed by atoms with E-state index in [0.717, 1.165) is 5.69 Å². The summed E-state index contributed by atoms with van der Waals surface area (Å²) >= 11 is 0. The highest BCUT2D eigenvalue weighted by atomic mass is 16.5. The third-order valence-electron chi connectivity index (χ3n) is 5.43. The van der Waals surface area contributed by atoms with Crippen LogP contribution in [-0.4, -0.2) is 73.7 Å². The fraction of sp³-hybridized carbons (Fsp3) is 0.400. The molecule has 1 aliphatic heterocycles. The van der Waals surface area contributed by atoms with Crippen molar-refractivity contribution >= 4 is 29.2 Å². The molecule has 3 N–H and O–H groups in total. The number of nitrogens with one attached hydrogen (secondary N) is 2. The van der Waals surface area contributed by atoms with Crippen molar-refractivity contribution in [2.75, 3.05) is 56.1 Å². The van der Waals surface area contributed by atoms with Gasteiger partial charge in [0.1, 0.15) is 5.75 Å². The minimum atomic E-state index is -1.12. The number of piperazine rings is 1. The molecule has 0 saturated carbocycles. The maximum atomic E-state index is 12.3. The lowest BCUT2D eigenvalue weighted by Gasteiger charge is -2.36. The quantitative estimate of drug-likeness (QED) is 0.491. The summed E-state index contributed by atoms with van der Waals surface area (Å²) in [5.41, 5.74) is 0.999. The van der Waals surface area contributed by atoms with Crippen LogP contribution in [0.1, 0.15) is 24.2 Å². The van der Waals surface area contributed by atoms with Crippen molar-refractivity contribution in [2.45, 2.75) is 13.8 Å². The Morgan fingerprint density at radius 2 is 1.71 bits per heavy atom. The van der Waals surface area contributed by atoms with Crippen LogP contribution in [0.3, 0.4) is 0 Å². The Balaban J connectivity index is 1.55. The van der Waals surface area contributed by atoms with E-state index in [1.54, 1.807) is 42.5 Å². The number of carbonyl (C=O) groups excluding carboxylic acids is 2. The molecular formula is C25H32N4O5. The molecule has 0 spiro atoms. The molecule has 1 heterocycles. The van der Waals surface area contributed by atoms with E-state index in [1.807, 2.05) is 6.07 Å². The molecule has 2 aromatic carbocycles. The topological polar surface area (TPSA) is 111 Å². The Kier molecular flexibility index (Phi) is 8.86. The predicted molar refractivity (Wildman–Crippen MR) is 130 cm³/mol. The second-order valence-corrected chi connectivity index (χ2v) is 8.65. The summed E-state index contributed by atoms with van der Waals surface area (Å²) in [4.78, 5) is 40.4. The van der Waals surface area contributed by atoms with Gasteiger partial charge >= 0.3 is 5.97 Å². The fourth-order valence-electron chi connectivity index (χ4n) is 3.61. The van der Waals surface area contributed by atoms with E-state index in [-0.39, 0.29) is 23.8 Å². The van der Waals surface area contributed by atoms with Gasteiger partial charge in [0, 0.05) is 38.4 Å². The molecule has 0 aromatic heterocycles. The third kappa shape index (κ3) is 7.48. The molecule has 0 aliphatic carbocycles. The first kappa shape index (κ1) is 25.0. The van der Waals surface area contributed by atoms with Gasteiger partial charge in [-0.3, -0.25) is 14.5 Å². The lowest BCUT2D eigenvalue weighted by Crippen LogP contribution is -2.49. The lowest BCUT2D eigenvalue weighted by atomic mass is 10.1. The zero-order valence-electron chi connectivity index (χ0n) is 19.6. The Morgan fingerprint density at radius 3 is 2.35 bits per heavy atom. The number of hydrogen-bond donors (Lipinski definition) is 3. The molecule has 3 rings (SSSR count). The van der Waals surface area contributed by atoms with Gasteiger partial charge in [0.15, 0.2) is 6.61 Å². The monoisotopic (exact) mass is 468 g/mol. The third-order valence-corrected chi connectivity index (χ3v) is 5.43. The van der Waals surface area contributed by atoms with Crippen molar-refractivity contribution < 1.29 is 24.2 Å². The van der Waals surface area contributed by atoms with Gasteiger partial charge in [-0.15, -0.1) is 0 Å². The average molecular weight is 469 g/mol. The van der Waals surface area contributed by atoms with Crippen LogP contribution < -0.4 is 20.3 Å². The number of carboxylic acid groups (broad SMARTS) is 1. The van der Waals surface area contributed by atoms with Gasteiger partial charge < -0.3 is 25.4 Å². The van der Waals surface area contributed by atoms with E-state index in [0.29, 0.717) is 50.9 Å². The molecule has 1 fully saturated rings. The summed E-state index contributed by atoms with van der Waals surface area (Å²) in [7, 11) is 0. The maximum Gasteiger partial charge on any atom is 0.337 e. The van der Waals surface area contributed by atoms with Gasteiger partial charge in [0.05, 0.1) is 17.8 Å². The normalized spacial score (nSPS) is 14.0. The Bertz CT molecular complexity index is 988. The van der Waals surface area contributed by atoms with Crippen molar-refractivity contribution in [3.8, 4) is 5.75 Å². The summed E-state index contributed by atoms with van der Waals surface area (Å²) < 4.78 is 5.42. The van der Waals surface area contributed by atoms with Crippen LogP contribution >= 0.6 is 0 Å². The van der Waals surface area contributed by atoms with E-state index in [2.05, 4.69) is 34.3 Å². The summed E-state index contributed by atoms with van der Waals surface area (Å²) in [6.45, 7) is 7.66. The minimum absolute atomic E-state index is 0.0149. The van der Waals surface area contributed by atoms with Crippen molar-refractivity contribution in [2.24, 2.45) is 5.92 Å². The van der Waals surface area contributed by atoms with E-state index >= 15 is 0 Å². The minimum Gasteiger partial charge on any atom is -0.484 e. The van der Waals surface area contributed by atoms with Gasteiger partial charge in [0.2, 0.25) is 5.91 Å². The SMILES string of the molecule is CC(C)CNC(=O)CN1CCN(c2ccc(NC(=O)COc3ccccc3)c(C(=O)O)c2)CC1. The highest BCUT2D eigenvalue weighted by molar-refractivity contribution is 6.01. The smallest absolute Gasteiger partial charge is 0.337 e. The molecule has 1 aliphatic rings. The standard InChI is InChI=1S/C25H32N4O5/c1-18(2)15-26-23(30)16-28-10-12-29(13-11-28)19-8-9-22(21(14-19)25(32)33)27-24(31)17-34-20-6-4-3-5-7-20/h3-9,14,18H,10-13,15-17H2,1-2H3,(H,26,30)(H,27,31)(H,32,33). The number of rotatable bonds is 10. The molecular weight excluding hydrogens is 436 g/mol. The molecule has 2 amide bonds. The number of aromatic carboxylic acids is 1. The summed E-state index contributed by atoms with van der Waals surface area (Å²) in [5, 5.41) is 15.2. The fourth-order valence-corrected chi connectivity index (χ4v) is 3.61. The van der Waals surface area contributed by atoms with Crippen LogP contribution in [0.5, 0.6) is 5.75 Å². The maximum absolute atomic E-state index is 12.3. The number of benzene rings is 2. The number of carboxylic acids is 1. The van der Waals surface area contributed by atoms with E-state index < -0.39 is 11.9 Å². The van der Waals surface area contributed by atoms with Crippen molar-refractivity contribution in [1.82, 2.24) is 10.2 Å². The average Bonchev–Trinajstić information content (AvgIpc) is 2.83. The summed E-state index contributed by atoms with van der Waals surface area (Å²) in [6, 6.07) is 13.9. The summed E-state index contributed by atoms with van der Waals surface area (Å²) in [5.74, 6) is -0.576. The lowest BCUT2D eigenvalue weighted by molar-refractivity contribution is -0.122. The highest BCUT2D eigenvalue weighted by Crippen LogP contribution is 2.25. The van der Waals surface area contributed by atoms with E-state index in [4.69, 9.17) is 4.74 Å². The second-order valence-electron chi connectivity index (χ2n) is 8.65. The number of anilines is 2. The zero-order chi connectivity index (χ0) is 24.5. The first-order chi connectivity index (χ1) is 16.3. The molecule has 9 nitrogen and oxygen atoms in total. The van der Waals surface area contributed by atoms with E-state index in [9.17, 15) is 19.5 Å². The van der Waals surface area contributed by atoms with Crippen LogP contribution in [-0.2, 0) is 9.59 Å². The van der Waals surface area contributed by atoms with Gasteiger partial charge in [0.25, 0.3) is 5.91 Å². The Hall–Kier alpha value is -3.59. The summed E-state index contributed by atoms with van der Waals surface area (Å²) in [6.07, 6.45) is 0. The first-order valence-electron chi connectivity index (χ1n) is 11.4. The van der Waals surface area contributed by atoms with Crippen LogP contribution in [0.25, 0.3) is 0 Å². The Morgan fingerprint density at radius 1 is 1.00 bits per heavy atom. The molecule has 182 valence electrons. The number of para-hydroxylation sites is 1. The highest BCUT2D eigenvalue weighted by Gasteiger charge is 2.21. The number of hydrogen-bond acceptors (Lipinski definition) is 6. The number of nitrogens with zero attached hydrogens (tertiary/aromatic N) is 2. The van der Waals surface area contributed by atoms with Crippen molar-refractivity contribution in [3.05, 3.63) is 54.1 Å². The van der Waals surface area contributed by atoms with Crippen LogP contribution in [0.2, 0.25) is 0 Å². The van der Waals surface area contributed by atoms with Gasteiger partial charge in [-0.2, -0.15) is 0 Å². The number of ether oxygens (including phenoxy) is 1. The molecule has 1 saturated heterocycles. The van der Waals surface area contributed by atoms with Crippen LogP contribution in [0.15, 0.2) is 48.5 Å². The zero-order valence-corrected chi connectivity index (χ0v) is 19.6. The molecule has 0 radical (unpaired) electrons. The van der Waals surface area contributed by atoms with E-state index in [1.165, 1.54) is 0 Å². The number of carbonyl (C=O) groups is 3.